The molecule has 0 saturated heterocycles. The van der Waals surface area contributed by atoms with E-state index in [2.05, 4.69) is 20.4 Å². The van der Waals surface area contributed by atoms with Crippen LogP contribution in [0.25, 0.3) is 0 Å². The lowest BCUT2D eigenvalue weighted by Gasteiger charge is -2.67. The van der Waals surface area contributed by atoms with Gasteiger partial charge in [0.1, 0.15) is 0 Å². The summed E-state index contributed by atoms with van der Waals surface area (Å²) in [6.45, 7) is 8.40. The maximum Gasteiger partial charge on any atom is 0.303 e. The van der Waals surface area contributed by atoms with Gasteiger partial charge < -0.3 is 15.3 Å². The Labute approximate surface area is 145 Å². The number of aliphatic carboxylic acids is 1. The second-order valence-corrected chi connectivity index (χ2v) is 9.16. The number of carboxylic acid groups (broad SMARTS) is 1. The molecule has 4 heteroatoms. The first-order valence-electron chi connectivity index (χ1n) is 9.37. The first-order chi connectivity index (χ1) is 11.2. The van der Waals surface area contributed by atoms with Gasteiger partial charge in [-0.2, -0.15) is 0 Å². The van der Waals surface area contributed by atoms with E-state index >= 15 is 0 Å². The molecule has 3 N–H and O–H groups in total. The molecule has 24 heavy (non-hydrogen) atoms. The quantitative estimate of drug-likeness (QED) is 0.673. The standard InChI is InChI=1S/C20H32O4/c1-13(2)15-5-9-19-8-4-14(20(24,11-19)12-21)10-16(19)18(15,3)7-6-17(22)23/h14-16,21,24H,1,4-12H2,2-3H3,(H,22,23)/t14-,15+,16-,18+,19+,20+/m0/s1. The van der Waals surface area contributed by atoms with Crippen molar-refractivity contribution in [1.82, 2.24) is 0 Å². The zero-order valence-corrected chi connectivity index (χ0v) is 15.1. The Hall–Kier alpha value is -0.870. The molecular formula is C20H32O4. The molecule has 0 aromatic carbocycles. The molecule has 6 atom stereocenters. The van der Waals surface area contributed by atoms with Gasteiger partial charge >= 0.3 is 5.97 Å². The van der Waals surface area contributed by atoms with E-state index in [1.807, 2.05) is 0 Å². The van der Waals surface area contributed by atoms with Crippen molar-refractivity contribution in [1.29, 1.82) is 0 Å². The van der Waals surface area contributed by atoms with Crippen LogP contribution in [-0.4, -0.2) is 33.5 Å². The van der Waals surface area contributed by atoms with Gasteiger partial charge in [0.05, 0.1) is 12.2 Å². The van der Waals surface area contributed by atoms with Crippen LogP contribution in [-0.2, 0) is 4.79 Å². The predicted molar refractivity (Wildman–Crippen MR) is 92.4 cm³/mol. The van der Waals surface area contributed by atoms with Crippen LogP contribution in [0.1, 0.15) is 65.2 Å². The Bertz CT molecular complexity index is 544. The van der Waals surface area contributed by atoms with Crippen LogP contribution in [0.15, 0.2) is 12.2 Å². The van der Waals surface area contributed by atoms with Crippen LogP contribution < -0.4 is 0 Å². The summed E-state index contributed by atoms with van der Waals surface area (Å²) in [5, 5.41) is 29.9. The van der Waals surface area contributed by atoms with Gasteiger partial charge in [-0.15, -0.1) is 0 Å². The number of allylic oxidation sites excluding steroid dienone is 1. The van der Waals surface area contributed by atoms with Crippen LogP contribution >= 0.6 is 0 Å². The average molecular weight is 336 g/mol. The fraction of sp³-hybridized carbons (Fsp3) is 0.850. The lowest BCUT2D eigenvalue weighted by molar-refractivity contribution is -0.224. The molecule has 4 rings (SSSR count). The van der Waals surface area contributed by atoms with Crippen LogP contribution in [0.2, 0.25) is 0 Å². The number of hydrogen-bond donors (Lipinski definition) is 3. The molecule has 0 aromatic heterocycles. The molecule has 4 aliphatic rings. The Morgan fingerprint density at radius 1 is 1.29 bits per heavy atom. The topological polar surface area (TPSA) is 77.8 Å². The number of carbonyl (C=O) groups is 1. The summed E-state index contributed by atoms with van der Waals surface area (Å²) in [7, 11) is 0. The minimum Gasteiger partial charge on any atom is -0.481 e. The molecule has 0 heterocycles. The van der Waals surface area contributed by atoms with Crippen LogP contribution in [0.4, 0.5) is 0 Å². The highest BCUT2D eigenvalue weighted by Crippen LogP contribution is 2.69. The zero-order chi connectivity index (χ0) is 17.8. The van der Waals surface area contributed by atoms with Crippen LogP contribution in [0, 0.1) is 28.6 Å². The summed E-state index contributed by atoms with van der Waals surface area (Å²) >= 11 is 0. The predicted octanol–water partition coefficient (Wildman–Crippen LogP) is 3.37. The molecule has 1 spiro atoms. The van der Waals surface area contributed by atoms with Crippen molar-refractivity contribution in [3.05, 3.63) is 12.2 Å². The van der Waals surface area contributed by atoms with E-state index in [9.17, 15) is 20.1 Å². The summed E-state index contributed by atoms with van der Waals surface area (Å²) in [4.78, 5) is 11.2. The van der Waals surface area contributed by atoms with Crippen molar-refractivity contribution in [2.75, 3.05) is 6.61 Å². The Morgan fingerprint density at radius 3 is 2.54 bits per heavy atom. The van der Waals surface area contributed by atoms with Crippen molar-refractivity contribution in [3.63, 3.8) is 0 Å². The first-order valence-corrected chi connectivity index (χ1v) is 9.37. The van der Waals surface area contributed by atoms with E-state index in [1.165, 1.54) is 0 Å². The summed E-state index contributed by atoms with van der Waals surface area (Å²) in [5.41, 5.74) is 0.221. The Balaban J connectivity index is 1.96. The molecule has 0 aliphatic heterocycles. The van der Waals surface area contributed by atoms with Gasteiger partial charge in [0.2, 0.25) is 0 Å². The lowest BCUT2D eigenvalue weighted by atomic mass is 9.38. The molecular weight excluding hydrogens is 304 g/mol. The monoisotopic (exact) mass is 336 g/mol. The molecule has 0 radical (unpaired) electrons. The van der Waals surface area contributed by atoms with Gasteiger partial charge in [0.15, 0.2) is 0 Å². The summed E-state index contributed by atoms with van der Waals surface area (Å²) < 4.78 is 0. The highest BCUT2D eigenvalue weighted by molar-refractivity contribution is 5.66. The van der Waals surface area contributed by atoms with E-state index in [0.717, 1.165) is 37.7 Å². The third-order valence-corrected chi connectivity index (χ3v) is 7.94. The smallest absolute Gasteiger partial charge is 0.303 e. The third kappa shape index (κ3) is 2.53. The van der Waals surface area contributed by atoms with Gasteiger partial charge in [0, 0.05) is 6.42 Å². The number of aliphatic hydroxyl groups is 2. The third-order valence-electron chi connectivity index (χ3n) is 7.94. The van der Waals surface area contributed by atoms with Gasteiger partial charge in [-0.05, 0) is 80.5 Å². The molecule has 4 nitrogen and oxygen atoms in total. The van der Waals surface area contributed by atoms with E-state index in [4.69, 9.17) is 0 Å². The van der Waals surface area contributed by atoms with Crippen LogP contribution in [0.5, 0.6) is 0 Å². The largest absolute Gasteiger partial charge is 0.481 e. The van der Waals surface area contributed by atoms with E-state index < -0.39 is 11.6 Å². The Morgan fingerprint density at radius 2 is 1.96 bits per heavy atom. The lowest BCUT2D eigenvalue weighted by Crippen LogP contribution is -2.64. The molecule has 4 aliphatic carbocycles. The highest BCUT2D eigenvalue weighted by atomic mass is 16.4. The Kier molecular flexibility index (Phi) is 4.37. The van der Waals surface area contributed by atoms with Crippen LogP contribution in [0.3, 0.4) is 0 Å². The zero-order valence-electron chi connectivity index (χ0n) is 15.1. The number of aliphatic hydroxyl groups excluding tert-OH is 1. The number of fused-ring (bicyclic) bond motifs is 2. The number of rotatable bonds is 5. The second kappa shape index (κ2) is 5.84. The van der Waals surface area contributed by atoms with Gasteiger partial charge in [-0.25, -0.2) is 0 Å². The number of carboxylic acids is 1. The molecule has 4 saturated carbocycles. The SMILES string of the molecule is C=C(C)[C@H]1CC[C@@]23CC[C@@H](C[C@H]2[C@]1(C)CCC(=O)O)[C@](O)(CO)C3. The highest BCUT2D eigenvalue weighted by Gasteiger charge is 2.64. The minimum atomic E-state index is -0.932. The van der Waals surface area contributed by atoms with Crippen molar-refractivity contribution in [2.24, 2.45) is 28.6 Å². The van der Waals surface area contributed by atoms with Gasteiger partial charge in [0.25, 0.3) is 0 Å². The van der Waals surface area contributed by atoms with E-state index in [-0.39, 0.29) is 29.8 Å². The van der Waals surface area contributed by atoms with Crippen molar-refractivity contribution in [3.8, 4) is 0 Å². The van der Waals surface area contributed by atoms with Crippen molar-refractivity contribution in [2.45, 2.75) is 70.8 Å². The fourth-order valence-corrected chi connectivity index (χ4v) is 6.82. The fourth-order valence-electron chi connectivity index (χ4n) is 6.82. The average Bonchev–Trinajstić information content (AvgIpc) is 2.52. The molecule has 0 unspecified atom stereocenters. The van der Waals surface area contributed by atoms with Gasteiger partial charge in [-0.1, -0.05) is 19.1 Å². The summed E-state index contributed by atoms with van der Waals surface area (Å²) in [6.07, 6.45) is 6.64. The molecule has 136 valence electrons. The molecule has 0 aromatic rings. The molecule has 2 bridgehead atoms. The molecule has 0 amide bonds. The first kappa shape index (κ1) is 17.9. The summed E-state index contributed by atoms with van der Waals surface area (Å²) in [5.74, 6) is 0.186. The minimum absolute atomic E-state index is 0.0609. The molecule has 4 fully saturated rings. The van der Waals surface area contributed by atoms with Gasteiger partial charge in [-0.3, -0.25) is 4.79 Å². The normalized spacial score (nSPS) is 47.2. The maximum atomic E-state index is 11.2. The van der Waals surface area contributed by atoms with Crippen molar-refractivity contribution >= 4 is 5.97 Å². The van der Waals surface area contributed by atoms with Crippen molar-refractivity contribution < 1.29 is 20.1 Å². The summed E-state index contributed by atoms with van der Waals surface area (Å²) in [6, 6.07) is 0. The second-order valence-electron chi connectivity index (χ2n) is 9.16. The number of hydrogen-bond acceptors (Lipinski definition) is 3. The van der Waals surface area contributed by atoms with E-state index in [0.29, 0.717) is 24.7 Å². The van der Waals surface area contributed by atoms with E-state index in [1.54, 1.807) is 0 Å². The maximum absolute atomic E-state index is 11.2.